The van der Waals surface area contributed by atoms with E-state index in [0.717, 1.165) is 25.7 Å². The smallest absolute Gasteiger partial charge is 0.219 e. The minimum absolute atomic E-state index is 0.0506. The molecule has 1 amide bonds. The van der Waals surface area contributed by atoms with Gasteiger partial charge in [-0.15, -0.1) is 0 Å². The van der Waals surface area contributed by atoms with Crippen LogP contribution in [0.4, 0.5) is 0 Å². The molecule has 0 spiro atoms. The molecule has 0 rings (SSSR count). The molecule has 1 unspecified atom stereocenters. The van der Waals surface area contributed by atoms with Crippen LogP contribution in [-0.2, 0) is 14.3 Å². The Kier molecular flexibility index (Phi) is 11.6. The highest BCUT2D eigenvalue weighted by atomic mass is 16.5. The van der Waals surface area contributed by atoms with Crippen molar-refractivity contribution in [2.24, 2.45) is 5.92 Å². The van der Waals surface area contributed by atoms with E-state index in [0.29, 0.717) is 25.5 Å². The average molecular weight is 271 g/mol. The summed E-state index contributed by atoms with van der Waals surface area (Å²) in [6.45, 7) is 7.40. The molecule has 0 radical (unpaired) electrons. The van der Waals surface area contributed by atoms with Crippen molar-refractivity contribution >= 4 is 11.7 Å². The molecule has 0 aliphatic rings. The Bertz CT molecular complexity index is 254. The van der Waals surface area contributed by atoms with Crippen LogP contribution in [0.25, 0.3) is 0 Å². The fraction of sp³-hybridized carbons (Fsp3) is 0.867. The summed E-state index contributed by atoms with van der Waals surface area (Å²) in [5.41, 5.74) is 0. The molecule has 1 N–H and O–H groups in total. The first-order chi connectivity index (χ1) is 9.06. The number of rotatable bonds is 12. The van der Waals surface area contributed by atoms with Gasteiger partial charge in [0.1, 0.15) is 6.61 Å². The van der Waals surface area contributed by atoms with Crippen molar-refractivity contribution in [2.75, 3.05) is 19.8 Å². The van der Waals surface area contributed by atoms with Crippen LogP contribution in [0.3, 0.4) is 0 Å². The summed E-state index contributed by atoms with van der Waals surface area (Å²) in [6.07, 6.45) is 5.69. The van der Waals surface area contributed by atoms with Gasteiger partial charge in [-0.3, -0.25) is 9.59 Å². The minimum atomic E-state index is 0.0506. The number of hydrogen-bond acceptors (Lipinski definition) is 3. The molecule has 0 fully saturated rings. The normalized spacial score (nSPS) is 12.2. The Morgan fingerprint density at radius 1 is 1.21 bits per heavy atom. The lowest BCUT2D eigenvalue weighted by atomic mass is 10.0. The van der Waals surface area contributed by atoms with Gasteiger partial charge in [0.25, 0.3) is 0 Å². The first-order valence-corrected chi connectivity index (χ1v) is 7.40. The number of nitrogens with one attached hydrogen (secondary N) is 1. The van der Waals surface area contributed by atoms with E-state index >= 15 is 0 Å². The fourth-order valence-electron chi connectivity index (χ4n) is 1.68. The van der Waals surface area contributed by atoms with Crippen molar-refractivity contribution in [1.82, 2.24) is 5.32 Å². The second-order valence-corrected chi connectivity index (χ2v) is 5.22. The maximum Gasteiger partial charge on any atom is 0.219 e. The van der Waals surface area contributed by atoms with Gasteiger partial charge in [-0.25, -0.2) is 0 Å². The average Bonchev–Trinajstić information content (AvgIpc) is 2.37. The molecule has 0 aliphatic carbocycles. The third-order valence-corrected chi connectivity index (χ3v) is 3.14. The predicted molar refractivity (Wildman–Crippen MR) is 77.0 cm³/mol. The number of unbranched alkanes of at least 4 members (excludes halogenated alkanes) is 1. The Morgan fingerprint density at radius 3 is 2.58 bits per heavy atom. The standard InChI is InChI=1S/C15H29NO3/c1-4-13(2)8-7-9-15(18)16-10-5-6-11-19-12-14(3)17/h13H,4-12H2,1-3H3,(H,16,18). The summed E-state index contributed by atoms with van der Waals surface area (Å²) in [6, 6.07) is 0. The fourth-order valence-corrected chi connectivity index (χ4v) is 1.68. The van der Waals surface area contributed by atoms with Gasteiger partial charge in [0.2, 0.25) is 5.91 Å². The number of ketones is 1. The van der Waals surface area contributed by atoms with Gasteiger partial charge in [-0.05, 0) is 32.1 Å². The molecule has 0 heterocycles. The van der Waals surface area contributed by atoms with E-state index in [1.165, 1.54) is 13.3 Å². The third-order valence-electron chi connectivity index (χ3n) is 3.14. The Balaban J connectivity index is 3.27. The van der Waals surface area contributed by atoms with Gasteiger partial charge in [0.15, 0.2) is 5.78 Å². The SMILES string of the molecule is CCC(C)CCCC(=O)NCCCCOCC(C)=O. The number of carbonyl (C=O) groups is 2. The van der Waals surface area contributed by atoms with Crippen molar-refractivity contribution in [2.45, 2.75) is 59.3 Å². The highest BCUT2D eigenvalue weighted by Crippen LogP contribution is 2.10. The zero-order valence-corrected chi connectivity index (χ0v) is 12.7. The van der Waals surface area contributed by atoms with Gasteiger partial charge in [-0.2, -0.15) is 0 Å². The molecule has 0 aliphatic heterocycles. The van der Waals surface area contributed by atoms with Crippen LogP contribution in [0.5, 0.6) is 0 Å². The lowest BCUT2D eigenvalue weighted by Crippen LogP contribution is -2.24. The van der Waals surface area contributed by atoms with Crippen molar-refractivity contribution in [1.29, 1.82) is 0 Å². The van der Waals surface area contributed by atoms with Gasteiger partial charge in [-0.1, -0.05) is 26.7 Å². The summed E-state index contributed by atoms with van der Waals surface area (Å²) in [5.74, 6) is 0.911. The van der Waals surface area contributed by atoms with Crippen LogP contribution in [0, 0.1) is 5.92 Å². The molecule has 0 saturated heterocycles. The van der Waals surface area contributed by atoms with Crippen LogP contribution in [0.15, 0.2) is 0 Å². The second-order valence-electron chi connectivity index (χ2n) is 5.22. The largest absolute Gasteiger partial charge is 0.374 e. The van der Waals surface area contributed by atoms with E-state index in [-0.39, 0.29) is 18.3 Å². The van der Waals surface area contributed by atoms with Gasteiger partial charge >= 0.3 is 0 Å². The van der Waals surface area contributed by atoms with Crippen molar-refractivity contribution < 1.29 is 14.3 Å². The van der Waals surface area contributed by atoms with Crippen LogP contribution < -0.4 is 5.32 Å². The quantitative estimate of drug-likeness (QED) is 0.555. The van der Waals surface area contributed by atoms with E-state index in [9.17, 15) is 9.59 Å². The topological polar surface area (TPSA) is 55.4 Å². The van der Waals surface area contributed by atoms with Crippen LogP contribution in [0.1, 0.15) is 59.3 Å². The van der Waals surface area contributed by atoms with Crippen LogP contribution in [0.2, 0.25) is 0 Å². The summed E-state index contributed by atoms with van der Waals surface area (Å²) in [5, 5.41) is 2.91. The van der Waals surface area contributed by atoms with Crippen LogP contribution in [-0.4, -0.2) is 31.4 Å². The molecular weight excluding hydrogens is 242 g/mol. The van der Waals surface area contributed by atoms with E-state index in [2.05, 4.69) is 19.2 Å². The van der Waals surface area contributed by atoms with E-state index in [1.807, 2.05) is 0 Å². The molecule has 4 nitrogen and oxygen atoms in total. The Labute approximate surface area is 117 Å². The first kappa shape index (κ1) is 18.1. The monoisotopic (exact) mass is 271 g/mol. The van der Waals surface area contributed by atoms with E-state index in [4.69, 9.17) is 4.74 Å². The third kappa shape index (κ3) is 13.3. The Morgan fingerprint density at radius 2 is 1.95 bits per heavy atom. The van der Waals surface area contributed by atoms with Crippen molar-refractivity contribution in [3.05, 3.63) is 0 Å². The zero-order chi connectivity index (χ0) is 14.5. The second kappa shape index (κ2) is 12.2. The summed E-state index contributed by atoms with van der Waals surface area (Å²) in [4.78, 5) is 22.1. The molecule has 0 saturated carbocycles. The highest BCUT2D eigenvalue weighted by Gasteiger charge is 2.03. The molecule has 0 aromatic heterocycles. The number of Topliss-reactive ketones (excluding diaryl/α,β-unsaturated/α-hetero) is 1. The molecule has 112 valence electrons. The van der Waals surface area contributed by atoms with Crippen molar-refractivity contribution in [3.8, 4) is 0 Å². The van der Waals surface area contributed by atoms with Gasteiger partial charge in [0.05, 0.1) is 0 Å². The number of amides is 1. The lowest BCUT2D eigenvalue weighted by molar-refractivity contribution is -0.121. The molecule has 0 aromatic carbocycles. The molecule has 4 heteroatoms. The molecule has 0 bridgehead atoms. The van der Waals surface area contributed by atoms with Crippen molar-refractivity contribution in [3.63, 3.8) is 0 Å². The summed E-state index contributed by atoms with van der Waals surface area (Å²) in [7, 11) is 0. The lowest BCUT2D eigenvalue weighted by Gasteiger charge is -2.08. The maximum absolute atomic E-state index is 11.5. The maximum atomic E-state index is 11.5. The molecule has 19 heavy (non-hydrogen) atoms. The summed E-state index contributed by atoms with van der Waals surface area (Å²) < 4.78 is 5.14. The van der Waals surface area contributed by atoms with E-state index in [1.54, 1.807) is 0 Å². The number of hydrogen-bond donors (Lipinski definition) is 1. The zero-order valence-electron chi connectivity index (χ0n) is 12.7. The summed E-state index contributed by atoms with van der Waals surface area (Å²) >= 11 is 0. The van der Waals surface area contributed by atoms with E-state index < -0.39 is 0 Å². The highest BCUT2D eigenvalue weighted by molar-refractivity contribution is 5.76. The molecular formula is C15H29NO3. The van der Waals surface area contributed by atoms with Crippen LogP contribution >= 0.6 is 0 Å². The Hall–Kier alpha value is -0.900. The number of ether oxygens (including phenoxy) is 1. The number of carbonyl (C=O) groups excluding carboxylic acids is 2. The molecule has 0 aromatic rings. The first-order valence-electron chi connectivity index (χ1n) is 7.40. The minimum Gasteiger partial charge on any atom is -0.374 e. The molecule has 1 atom stereocenters. The predicted octanol–water partition coefficient (Wildman–Crippen LogP) is 2.70. The van der Waals surface area contributed by atoms with Gasteiger partial charge in [0, 0.05) is 19.6 Å². The van der Waals surface area contributed by atoms with Gasteiger partial charge < -0.3 is 10.1 Å².